The van der Waals surface area contributed by atoms with Crippen LogP contribution >= 0.6 is 15.9 Å². The molecule has 0 atom stereocenters. The van der Waals surface area contributed by atoms with E-state index in [1.807, 2.05) is 4.90 Å². The van der Waals surface area contributed by atoms with Gasteiger partial charge in [0.05, 0.1) is 5.33 Å². The van der Waals surface area contributed by atoms with Crippen molar-refractivity contribution in [2.24, 2.45) is 5.92 Å². The predicted molar refractivity (Wildman–Crippen MR) is 58.0 cm³/mol. The Morgan fingerprint density at radius 2 is 2.15 bits per heavy atom. The summed E-state index contributed by atoms with van der Waals surface area (Å²) in [5, 5.41) is 0.474. The first kappa shape index (κ1) is 11.0. The lowest BCUT2D eigenvalue weighted by molar-refractivity contribution is -0.129. The van der Waals surface area contributed by atoms with Crippen LogP contribution in [-0.4, -0.2) is 28.7 Å². The van der Waals surface area contributed by atoms with Crippen molar-refractivity contribution < 1.29 is 4.79 Å². The Labute approximate surface area is 88.8 Å². The first-order valence-electron chi connectivity index (χ1n) is 5.00. The number of hydrogen-bond donors (Lipinski definition) is 0. The zero-order chi connectivity index (χ0) is 9.84. The van der Waals surface area contributed by atoms with Crippen molar-refractivity contribution >= 4 is 21.8 Å². The van der Waals surface area contributed by atoms with Gasteiger partial charge in [-0.05, 0) is 25.2 Å². The molecular formula is C10H18BrNO. The Morgan fingerprint density at radius 3 is 2.54 bits per heavy atom. The van der Waals surface area contributed by atoms with Gasteiger partial charge in [-0.25, -0.2) is 0 Å². The average Bonchev–Trinajstić information content (AvgIpc) is 2.87. The van der Waals surface area contributed by atoms with Crippen molar-refractivity contribution in [2.75, 3.05) is 11.9 Å². The van der Waals surface area contributed by atoms with E-state index in [0.717, 1.165) is 13.0 Å². The van der Waals surface area contributed by atoms with Crippen LogP contribution in [-0.2, 0) is 4.79 Å². The van der Waals surface area contributed by atoms with Crippen molar-refractivity contribution in [3.8, 4) is 0 Å². The normalized spacial score (nSPS) is 16.3. The highest BCUT2D eigenvalue weighted by Crippen LogP contribution is 2.27. The third-order valence-electron chi connectivity index (χ3n) is 2.37. The standard InChI is InChI=1S/C10H18BrNO/c1-8(2)5-6-12(9-3-4-9)10(13)7-11/h8-9H,3-7H2,1-2H3. The van der Waals surface area contributed by atoms with Crippen LogP contribution in [0.1, 0.15) is 33.1 Å². The van der Waals surface area contributed by atoms with E-state index < -0.39 is 0 Å². The Balaban J connectivity index is 2.33. The van der Waals surface area contributed by atoms with E-state index in [1.54, 1.807) is 0 Å². The van der Waals surface area contributed by atoms with E-state index in [1.165, 1.54) is 12.8 Å². The van der Waals surface area contributed by atoms with Crippen LogP contribution in [0.3, 0.4) is 0 Å². The smallest absolute Gasteiger partial charge is 0.233 e. The van der Waals surface area contributed by atoms with E-state index in [2.05, 4.69) is 29.8 Å². The van der Waals surface area contributed by atoms with Crippen molar-refractivity contribution in [3.05, 3.63) is 0 Å². The number of amides is 1. The minimum atomic E-state index is 0.253. The number of rotatable bonds is 5. The van der Waals surface area contributed by atoms with Gasteiger partial charge in [0.1, 0.15) is 0 Å². The van der Waals surface area contributed by atoms with Crippen molar-refractivity contribution in [2.45, 2.75) is 39.2 Å². The van der Waals surface area contributed by atoms with Gasteiger partial charge >= 0.3 is 0 Å². The van der Waals surface area contributed by atoms with Gasteiger partial charge in [0.2, 0.25) is 5.91 Å². The summed E-state index contributed by atoms with van der Waals surface area (Å²) in [6.45, 7) is 5.33. The number of halogens is 1. The fourth-order valence-corrected chi connectivity index (χ4v) is 1.69. The van der Waals surface area contributed by atoms with Gasteiger partial charge < -0.3 is 4.90 Å². The fraction of sp³-hybridized carbons (Fsp3) is 0.900. The number of alkyl halides is 1. The van der Waals surface area contributed by atoms with Gasteiger partial charge in [0.15, 0.2) is 0 Å². The molecule has 13 heavy (non-hydrogen) atoms. The zero-order valence-corrected chi connectivity index (χ0v) is 10.0. The van der Waals surface area contributed by atoms with Gasteiger partial charge in [0, 0.05) is 12.6 Å². The minimum Gasteiger partial charge on any atom is -0.339 e. The monoisotopic (exact) mass is 247 g/mol. The molecule has 76 valence electrons. The molecule has 0 aromatic carbocycles. The summed E-state index contributed by atoms with van der Waals surface area (Å²) in [6, 6.07) is 0.559. The first-order valence-corrected chi connectivity index (χ1v) is 6.12. The molecule has 0 heterocycles. The number of carbonyl (C=O) groups is 1. The van der Waals surface area contributed by atoms with Crippen molar-refractivity contribution in [3.63, 3.8) is 0 Å². The largest absolute Gasteiger partial charge is 0.339 e. The highest BCUT2D eigenvalue weighted by atomic mass is 79.9. The van der Waals surface area contributed by atoms with Crippen LogP contribution in [0.2, 0.25) is 0 Å². The molecular weight excluding hydrogens is 230 g/mol. The molecule has 3 heteroatoms. The van der Waals surface area contributed by atoms with Crippen LogP contribution in [0.5, 0.6) is 0 Å². The molecule has 0 aromatic rings. The molecule has 0 radical (unpaired) electrons. The van der Waals surface area contributed by atoms with Crippen LogP contribution < -0.4 is 0 Å². The summed E-state index contributed by atoms with van der Waals surface area (Å²) in [7, 11) is 0. The topological polar surface area (TPSA) is 20.3 Å². The number of carbonyl (C=O) groups excluding carboxylic acids is 1. The highest BCUT2D eigenvalue weighted by Gasteiger charge is 2.31. The molecule has 0 saturated heterocycles. The molecule has 1 rings (SSSR count). The highest BCUT2D eigenvalue weighted by molar-refractivity contribution is 9.09. The van der Waals surface area contributed by atoms with Crippen LogP contribution in [0.25, 0.3) is 0 Å². The zero-order valence-electron chi connectivity index (χ0n) is 8.42. The molecule has 0 aromatic heterocycles. The van der Waals surface area contributed by atoms with Crippen LogP contribution in [0.15, 0.2) is 0 Å². The number of nitrogens with zero attached hydrogens (tertiary/aromatic N) is 1. The maximum Gasteiger partial charge on any atom is 0.233 e. The summed E-state index contributed by atoms with van der Waals surface area (Å²) >= 11 is 3.23. The van der Waals surface area contributed by atoms with Gasteiger partial charge in [-0.3, -0.25) is 4.79 Å². The van der Waals surface area contributed by atoms with E-state index in [9.17, 15) is 4.79 Å². The van der Waals surface area contributed by atoms with E-state index >= 15 is 0 Å². The van der Waals surface area contributed by atoms with Crippen LogP contribution in [0, 0.1) is 5.92 Å². The Hall–Kier alpha value is -0.0500. The van der Waals surface area contributed by atoms with Gasteiger partial charge in [-0.2, -0.15) is 0 Å². The maximum atomic E-state index is 11.5. The van der Waals surface area contributed by atoms with Gasteiger partial charge in [-0.1, -0.05) is 29.8 Å². The SMILES string of the molecule is CC(C)CCN(C(=O)CBr)C1CC1. The third-order valence-corrected chi connectivity index (χ3v) is 2.85. The lowest BCUT2D eigenvalue weighted by atomic mass is 10.1. The quantitative estimate of drug-likeness (QED) is 0.684. The van der Waals surface area contributed by atoms with Gasteiger partial charge in [-0.15, -0.1) is 0 Å². The molecule has 1 fully saturated rings. The molecule has 0 unspecified atom stereocenters. The van der Waals surface area contributed by atoms with Crippen molar-refractivity contribution in [1.82, 2.24) is 4.90 Å². The Bertz CT molecular complexity index is 178. The average molecular weight is 248 g/mol. The molecule has 1 aliphatic carbocycles. The molecule has 2 nitrogen and oxygen atoms in total. The summed E-state index contributed by atoms with van der Waals surface area (Å²) in [5.41, 5.74) is 0. The molecule has 0 aliphatic heterocycles. The first-order chi connectivity index (χ1) is 6.15. The molecule has 1 aliphatic rings. The van der Waals surface area contributed by atoms with E-state index in [-0.39, 0.29) is 5.91 Å². The molecule has 1 amide bonds. The molecule has 0 bridgehead atoms. The second-order valence-corrected chi connectivity index (χ2v) is 4.70. The minimum absolute atomic E-state index is 0.253. The second kappa shape index (κ2) is 4.99. The molecule has 1 saturated carbocycles. The Morgan fingerprint density at radius 1 is 1.54 bits per heavy atom. The second-order valence-electron chi connectivity index (χ2n) is 4.13. The van der Waals surface area contributed by atoms with E-state index in [0.29, 0.717) is 17.3 Å². The predicted octanol–water partition coefficient (Wildman–Crippen LogP) is 2.42. The van der Waals surface area contributed by atoms with Crippen LogP contribution in [0.4, 0.5) is 0 Å². The van der Waals surface area contributed by atoms with Gasteiger partial charge in [0.25, 0.3) is 0 Å². The summed E-state index contributed by atoms with van der Waals surface area (Å²) in [6.07, 6.45) is 3.53. The molecule has 0 spiro atoms. The summed E-state index contributed by atoms with van der Waals surface area (Å²) < 4.78 is 0. The maximum absolute atomic E-state index is 11.5. The lowest BCUT2D eigenvalue weighted by Gasteiger charge is -2.22. The summed E-state index contributed by atoms with van der Waals surface area (Å²) in [4.78, 5) is 13.5. The van der Waals surface area contributed by atoms with Crippen molar-refractivity contribution in [1.29, 1.82) is 0 Å². The van der Waals surface area contributed by atoms with E-state index in [4.69, 9.17) is 0 Å². The summed E-state index contributed by atoms with van der Waals surface area (Å²) in [5.74, 6) is 0.938. The number of hydrogen-bond acceptors (Lipinski definition) is 1. The lowest BCUT2D eigenvalue weighted by Crippen LogP contribution is -2.35. The third kappa shape index (κ3) is 3.67. The Kier molecular flexibility index (Phi) is 4.23. The molecule has 0 N–H and O–H groups in total. The fourth-order valence-electron chi connectivity index (χ4n) is 1.37.